The number of rotatable bonds is 2. The number of aliphatic hydroxyl groups excluding tert-OH is 2. The Labute approximate surface area is 104 Å². The molecule has 0 amide bonds. The van der Waals surface area contributed by atoms with E-state index in [1.807, 2.05) is 0 Å². The zero-order chi connectivity index (χ0) is 13.5. The second kappa shape index (κ2) is 4.34. The minimum atomic E-state index is -1.68. The molecule has 7 heteroatoms. The molecule has 4 atom stereocenters. The van der Waals surface area contributed by atoms with E-state index in [4.69, 9.17) is 10.5 Å². The molecule has 2 aliphatic rings. The Bertz CT molecular complexity index is 426. The van der Waals surface area contributed by atoms with Crippen LogP contribution in [0.2, 0.25) is 0 Å². The lowest BCUT2D eigenvalue weighted by molar-refractivity contribution is -0.123. The largest absolute Gasteiger partial charge is 0.393 e. The van der Waals surface area contributed by atoms with Crippen LogP contribution in [0, 0.1) is 0 Å². The molecule has 0 unspecified atom stereocenters. The van der Waals surface area contributed by atoms with E-state index in [2.05, 4.69) is 11.6 Å². The predicted molar refractivity (Wildman–Crippen MR) is 63.0 cm³/mol. The third-order valence-corrected chi connectivity index (χ3v) is 3.14. The minimum Gasteiger partial charge on any atom is -0.393 e. The van der Waals surface area contributed by atoms with E-state index in [1.54, 1.807) is 0 Å². The first-order valence-electron chi connectivity index (χ1n) is 5.49. The standard InChI is InChI=1S/C11H16FN3O3/c1-6-14-7(13)3-4-15(6)10-8(12)9(17)11(2,5-16)18-10/h3-4,8-10,16-17H,1,5H2,2H3,(H2,13,14)/t8-,9+,10-,11-/m1/s1. The topological polar surface area (TPSA) is 91.3 Å². The van der Waals surface area contributed by atoms with Gasteiger partial charge in [0.25, 0.3) is 0 Å². The maximum Gasteiger partial charge on any atom is 0.174 e. The van der Waals surface area contributed by atoms with E-state index in [1.165, 1.54) is 24.1 Å². The van der Waals surface area contributed by atoms with Crippen molar-refractivity contribution in [2.45, 2.75) is 31.0 Å². The Morgan fingerprint density at radius 1 is 1.72 bits per heavy atom. The van der Waals surface area contributed by atoms with Crippen LogP contribution in [0.25, 0.3) is 0 Å². The Morgan fingerprint density at radius 2 is 2.39 bits per heavy atom. The smallest absolute Gasteiger partial charge is 0.174 e. The zero-order valence-electron chi connectivity index (χ0n) is 9.95. The number of ether oxygens (including phenoxy) is 1. The van der Waals surface area contributed by atoms with Crippen molar-refractivity contribution in [3.05, 3.63) is 24.7 Å². The van der Waals surface area contributed by atoms with Gasteiger partial charge in [-0.2, -0.15) is 0 Å². The molecule has 0 saturated carbocycles. The maximum absolute atomic E-state index is 14.0. The van der Waals surface area contributed by atoms with Crippen molar-refractivity contribution < 1.29 is 19.3 Å². The van der Waals surface area contributed by atoms with Gasteiger partial charge < -0.3 is 25.6 Å². The number of hydrogen-bond donors (Lipinski definition) is 3. The highest BCUT2D eigenvalue weighted by atomic mass is 19.1. The highest BCUT2D eigenvalue weighted by Crippen LogP contribution is 2.36. The minimum absolute atomic E-state index is 0.219. The predicted octanol–water partition coefficient (Wildman–Crippen LogP) is -0.550. The van der Waals surface area contributed by atoms with Gasteiger partial charge in [-0.25, -0.2) is 9.38 Å². The molecule has 0 aliphatic carbocycles. The maximum atomic E-state index is 14.0. The van der Waals surface area contributed by atoms with Gasteiger partial charge >= 0.3 is 0 Å². The van der Waals surface area contributed by atoms with Gasteiger partial charge in [0.15, 0.2) is 12.4 Å². The number of alkyl halides is 1. The van der Waals surface area contributed by atoms with Gasteiger partial charge in [0.1, 0.15) is 23.4 Å². The lowest BCUT2D eigenvalue weighted by atomic mass is 9.99. The number of nitrogens with two attached hydrogens (primary N) is 1. The second-order valence-electron chi connectivity index (χ2n) is 4.54. The van der Waals surface area contributed by atoms with Gasteiger partial charge in [-0.3, -0.25) is 0 Å². The second-order valence-corrected chi connectivity index (χ2v) is 4.54. The van der Waals surface area contributed by atoms with E-state index in [0.717, 1.165) is 0 Å². The summed E-state index contributed by atoms with van der Waals surface area (Å²) in [6, 6.07) is 0. The highest BCUT2D eigenvalue weighted by molar-refractivity contribution is 5.92. The van der Waals surface area contributed by atoms with Gasteiger partial charge in [-0.15, -0.1) is 0 Å². The van der Waals surface area contributed by atoms with Crippen LogP contribution in [0.1, 0.15) is 6.92 Å². The van der Waals surface area contributed by atoms with Gasteiger partial charge in [-0.05, 0) is 13.0 Å². The average molecular weight is 257 g/mol. The fraction of sp³-hybridized carbons (Fsp3) is 0.545. The molecule has 0 radical (unpaired) electrons. The SMILES string of the molecule is C=C1N=C(N)C=CN1[C@@H]1O[C@](C)(CO)[C@@H](O)[C@H]1F. The van der Waals surface area contributed by atoms with Crippen LogP contribution in [-0.2, 0) is 4.74 Å². The number of nitrogens with zero attached hydrogens (tertiary/aromatic N) is 2. The van der Waals surface area contributed by atoms with Crippen molar-refractivity contribution in [2.24, 2.45) is 10.7 Å². The summed E-state index contributed by atoms with van der Waals surface area (Å²) >= 11 is 0. The van der Waals surface area contributed by atoms with Crippen molar-refractivity contribution in [1.29, 1.82) is 0 Å². The molecule has 0 aromatic heterocycles. The number of amidine groups is 1. The van der Waals surface area contributed by atoms with Crippen molar-refractivity contribution in [1.82, 2.24) is 4.90 Å². The summed E-state index contributed by atoms with van der Waals surface area (Å²) in [5.74, 6) is 0.479. The summed E-state index contributed by atoms with van der Waals surface area (Å²) in [7, 11) is 0. The quantitative estimate of drug-likeness (QED) is 0.617. The molecule has 100 valence electrons. The van der Waals surface area contributed by atoms with Crippen LogP contribution in [0.3, 0.4) is 0 Å². The summed E-state index contributed by atoms with van der Waals surface area (Å²) in [6.07, 6.45) is -1.23. The fourth-order valence-corrected chi connectivity index (χ4v) is 1.96. The lowest BCUT2D eigenvalue weighted by Crippen LogP contribution is -2.42. The van der Waals surface area contributed by atoms with Crippen LogP contribution in [0.5, 0.6) is 0 Å². The van der Waals surface area contributed by atoms with Crippen LogP contribution < -0.4 is 5.73 Å². The van der Waals surface area contributed by atoms with Crippen LogP contribution in [0.15, 0.2) is 29.7 Å². The Kier molecular flexibility index (Phi) is 3.14. The molecule has 2 heterocycles. The number of aliphatic imine (C=N–C) groups is 1. The average Bonchev–Trinajstić information content (AvgIpc) is 2.55. The molecule has 0 aromatic rings. The van der Waals surface area contributed by atoms with E-state index in [0.29, 0.717) is 0 Å². The molecule has 6 nitrogen and oxygen atoms in total. The summed E-state index contributed by atoms with van der Waals surface area (Å²) in [5.41, 5.74) is 4.14. The number of hydrogen-bond acceptors (Lipinski definition) is 6. The molecule has 2 aliphatic heterocycles. The Hall–Kier alpha value is -1.44. The molecule has 2 rings (SSSR count). The monoisotopic (exact) mass is 257 g/mol. The van der Waals surface area contributed by atoms with Crippen molar-refractivity contribution >= 4 is 5.84 Å². The first-order chi connectivity index (χ1) is 8.39. The molecule has 0 spiro atoms. The summed E-state index contributed by atoms with van der Waals surface area (Å²) in [5, 5.41) is 18.9. The Morgan fingerprint density at radius 3 is 2.89 bits per heavy atom. The van der Waals surface area contributed by atoms with E-state index >= 15 is 0 Å². The number of halogens is 1. The van der Waals surface area contributed by atoms with Gasteiger partial charge in [0.2, 0.25) is 0 Å². The van der Waals surface area contributed by atoms with E-state index in [-0.39, 0.29) is 11.7 Å². The van der Waals surface area contributed by atoms with Crippen molar-refractivity contribution in [3.8, 4) is 0 Å². The molecule has 18 heavy (non-hydrogen) atoms. The third kappa shape index (κ3) is 1.90. The normalized spacial score (nSPS) is 40.2. The molecule has 0 aromatic carbocycles. The lowest BCUT2D eigenvalue weighted by Gasteiger charge is -2.30. The van der Waals surface area contributed by atoms with Gasteiger partial charge in [0.05, 0.1) is 6.61 Å². The molecular formula is C11H16FN3O3. The first-order valence-corrected chi connectivity index (χ1v) is 5.49. The zero-order valence-corrected chi connectivity index (χ0v) is 9.95. The van der Waals surface area contributed by atoms with Gasteiger partial charge in [0, 0.05) is 6.20 Å². The van der Waals surface area contributed by atoms with E-state index in [9.17, 15) is 14.6 Å². The number of aliphatic hydroxyl groups is 2. The summed E-state index contributed by atoms with van der Waals surface area (Å²) in [4.78, 5) is 5.23. The Balaban J connectivity index is 2.21. The van der Waals surface area contributed by atoms with Crippen LogP contribution in [-0.4, -0.2) is 51.7 Å². The van der Waals surface area contributed by atoms with Crippen molar-refractivity contribution in [2.75, 3.05) is 6.61 Å². The molecule has 0 bridgehead atoms. The summed E-state index contributed by atoms with van der Waals surface area (Å²) < 4.78 is 19.4. The van der Waals surface area contributed by atoms with Crippen LogP contribution >= 0.6 is 0 Å². The fourth-order valence-electron chi connectivity index (χ4n) is 1.96. The van der Waals surface area contributed by atoms with E-state index < -0.39 is 30.7 Å². The third-order valence-electron chi connectivity index (χ3n) is 3.14. The molecule has 1 saturated heterocycles. The van der Waals surface area contributed by atoms with Crippen LogP contribution in [0.4, 0.5) is 4.39 Å². The van der Waals surface area contributed by atoms with Crippen molar-refractivity contribution in [3.63, 3.8) is 0 Å². The molecular weight excluding hydrogens is 241 g/mol. The highest BCUT2D eigenvalue weighted by Gasteiger charge is 2.54. The molecule has 1 fully saturated rings. The molecule has 4 N–H and O–H groups in total. The first kappa shape index (κ1) is 13.0. The summed E-state index contributed by atoms with van der Waals surface area (Å²) in [6.45, 7) is 4.60. The van der Waals surface area contributed by atoms with Gasteiger partial charge in [-0.1, -0.05) is 6.58 Å².